The van der Waals surface area contributed by atoms with Gasteiger partial charge in [-0.25, -0.2) is 13.6 Å². The number of aromatic hydroxyl groups is 1. The molecule has 71 heavy (non-hydrogen) atoms. The van der Waals surface area contributed by atoms with Crippen LogP contribution >= 0.6 is 0 Å². The predicted molar refractivity (Wildman–Crippen MR) is 266 cm³/mol. The molecule has 3 N–H and O–H groups in total. The van der Waals surface area contributed by atoms with E-state index < -0.39 is 23.6 Å². The Morgan fingerprint density at radius 1 is 0.887 bits per heavy atom. The number of phenolic OH excluding ortho intramolecular Hbond substituents is 1. The monoisotopic (exact) mass is 965 g/mol. The Kier molecular flexibility index (Phi) is 11.4. The third-order valence-corrected chi connectivity index (χ3v) is 16.2. The van der Waals surface area contributed by atoms with Crippen LogP contribution in [0, 0.1) is 35.3 Å². The van der Waals surface area contributed by atoms with E-state index in [9.17, 15) is 19.5 Å². The number of fused-ring (bicyclic) bond motifs is 5. The van der Waals surface area contributed by atoms with Crippen molar-refractivity contribution >= 4 is 56.0 Å². The quantitative estimate of drug-likeness (QED) is 0.117. The van der Waals surface area contributed by atoms with Crippen LogP contribution in [0.25, 0.3) is 44.0 Å². The van der Waals surface area contributed by atoms with E-state index in [-0.39, 0.29) is 62.9 Å². The Bertz CT molecular complexity index is 3230. The highest BCUT2D eigenvalue weighted by molar-refractivity contribution is 6.03. The van der Waals surface area contributed by atoms with Crippen molar-refractivity contribution in [3.63, 3.8) is 0 Å². The average Bonchev–Trinajstić information content (AvgIpc) is 3.99. The fourth-order valence-corrected chi connectivity index (χ4v) is 12.1. The third-order valence-electron chi connectivity index (χ3n) is 16.2. The number of piperazine rings is 2. The molecule has 3 atom stereocenters. The number of rotatable bonds is 11. The molecule has 1 saturated carbocycles. The van der Waals surface area contributed by atoms with Gasteiger partial charge in [0.25, 0.3) is 0 Å². The van der Waals surface area contributed by atoms with Gasteiger partial charge in [0.15, 0.2) is 5.82 Å². The molecule has 5 saturated heterocycles. The summed E-state index contributed by atoms with van der Waals surface area (Å²) in [5, 5.41) is 17.9. The first kappa shape index (κ1) is 45.5. The van der Waals surface area contributed by atoms with Crippen LogP contribution in [0.3, 0.4) is 0 Å². The molecule has 8 heterocycles. The molecule has 1 aliphatic carbocycles. The number of amides is 2. The van der Waals surface area contributed by atoms with Crippen molar-refractivity contribution in [3.05, 3.63) is 76.3 Å². The summed E-state index contributed by atoms with van der Waals surface area (Å²) in [7, 11) is 1.73. The minimum absolute atomic E-state index is 0.0392. The van der Waals surface area contributed by atoms with Gasteiger partial charge in [0, 0.05) is 106 Å². The Morgan fingerprint density at radius 2 is 1.66 bits per heavy atom. The molecule has 6 aliphatic rings. The van der Waals surface area contributed by atoms with Gasteiger partial charge >= 0.3 is 11.7 Å². The van der Waals surface area contributed by atoms with Crippen LogP contribution in [0.5, 0.6) is 11.8 Å². The van der Waals surface area contributed by atoms with Crippen LogP contribution in [-0.2, 0) is 16.6 Å². The summed E-state index contributed by atoms with van der Waals surface area (Å²) in [5.41, 5.74) is 2.26. The van der Waals surface area contributed by atoms with Crippen molar-refractivity contribution in [1.29, 1.82) is 0 Å². The fourth-order valence-electron chi connectivity index (χ4n) is 12.1. The number of likely N-dealkylation sites (tertiary alicyclic amines) is 1. The zero-order valence-corrected chi connectivity index (χ0v) is 39.8. The summed E-state index contributed by atoms with van der Waals surface area (Å²) in [6.07, 6.45) is 14.2. The van der Waals surface area contributed by atoms with Crippen molar-refractivity contribution in [3.8, 4) is 35.4 Å². The molecule has 2 bridgehead atoms. The SMILES string of the molecule is C#Cc1c(F)ccc2cc(O)cc(-c3ncc4c(N5CC6CCC(C5)N6)nc(OCC5(CN6CCC(CN7CCN(c8ccc9c(c8)n(C)c(=O)n9C8CCC(=O)NC8=O)CC7)CC6)CC5)nc4c3F)c12. The Labute approximate surface area is 409 Å². The van der Waals surface area contributed by atoms with E-state index in [1.807, 2.05) is 18.2 Å². The molecule has 0 radical (unpaired) electrons. The lowest BCUT2D eigenvalue weighted by molar-refractivity contribution is -0.135. The van der Waals surface area contributed by atoms with Gasteiger partial charge in [-0.2, -0.15) is 9.97 Å². The van der Waals surface area contributed by atoms with E-state index in [0.29, 0.717) is 66.2 Å². The molecular formula is C53H57F2N11O5. The lowest BCUT2D eigenvalue weighted by Crippen LogP contribution is -2.51. The highest BCUT2D eigenvalue weighted by Crippen LogP contribution is 2.47. The number of halogens is 2. The van der Waals surface area contributed by atoms with Gasteiger partial charge in [0.2, 0.25) is 11.8 Å². The van der Waals surface area contributed by atoms with E-state index >= 15 is 8.78 Å². The third kappa shape index (κ3) is 8.40. The van der Waals surface area contributed by atoms with E-state index in [1.165, 1.54) is 28.8 Å². The fraction of sp³-hybridized carbons (Fsp3) is 0.472. The largest absolute Gasteiger partial charge is 0.508 e. The first-order chi connectivity index (χ1) is 34.4. The van der Waals surface area contributed by atoms with Gasteiger partial charge in [0.05, 0.1) is 28.6 Å². The van der Waals surface area contributed by atoms with Gasteiger partial charge < -0.3 is 29.9 Å². The molecule has 368 valence electrons. The number of imide groups is 1. The van der Waals surface area contributed by atoms with Crippen LogP contribution in [-0.4, -0.2) is 135 Å². The van der Waals surface area contributed by atoms with Crippen LogP contribution < -0.4 is 30.9 Å². The highest BCUT2D eigenvalue weighted by atomic mass is 19.1. The number of benzene rings is 3. The van der Waals surface area contributed by atoms with Crippen LogP contribution in [0.1, 0.15) is 63.0 Å². The second-order valence-corrected chi connectivity index (χ2v) is 20.9. The zero-order chi connectivity index (χ0) is 48.7. The Balaban J connectivity index is 0.694. The number of hydrogen-bond donors (Lipinski definition) is 3. The molecular weight excluding hydrogens is 909 g/mol. The Morgan fingerprint density at radius 3 is 2.39 bits per heavy atom. The Hall–Kier alpha value is -6.68. The predicted octanol–water partition coefficient (Wildman–Crippen LogP) is 5.08. The van der Waals surface area contributed by atoms with Gasteiger partial charge in [-0.1, -0.05) is 12.0 Å². The molecule has 5 aliphatic heterocycles. The van der Waals surface area contributed by atoms with Crippen molar-refractivity contribution in [1.82, 2.24) is 44.5 Å². The molecule has 3 aromatic carbocycles. The molecule has 6 aromatic rings. The summed E-state index contributed by atoms with van der Waals surface area (Å²) < 4.78 is 41.8. The van der Waals surface area contributed by atoms with Crippen molar-refractivity contribution < 1.29 is 28.2 Å². The number of carbonyl (C=O) groups excluding carboxylic acids is 2. The lowest BCUT2D eigenvalue weighted by atomic mass is 9.94. The minimum atomic E-state index is -0.730. The van der Waals surface area contributed by atoms with Crippen molar-refractivity contribution in [2.24, 2.45) is 18.4 Å². The van der Waals surface area contributed by atoms with Crippen molar-refractivity contribution in [2.75, 3.05) is 81.9 Å². The smallest absolute Gasteiger partial charge is 0.329 e. The van der Waals surface area contributed by atoms with E-state index in [1.54, 1.807) is 17.8 Å². The number of pyridine rings is 1. The topological polar surface area (TPSA) is 166 Å². The van der Waals surface area contributed by atoms with Gasteiger partial charge in [-0.3, -0.25) is 33.9 Å². The summed E-state index contributed by atoms with van der Waals surface area (Å²) in [4.78, 5) is 61.7. The summed E-state index contributed by atoms with van der Waals surface area (Å²) in [6, 6.07) is 11.6. The number of anilines is 2. The summed E-state index contributed by atoms with van der Waals surface area (Å²) >= 11 is 0. The normalized spacial score (nSPS) is 22.9. The standard InChI is InChI=1S/C53H57F2N11O5/c1-3-37-40(54)8-4-32-22-36(67)24-38(45(32)37)47-46(55)48-39(25-56-47)49(65-27-33-5-6-34(28-65)57-33)60-51(59-48)71-30-53(14-15-53)29-63-16-12-31(13-17-63)26-62-18-20-64(21-19-62)35-7-9-41-43(23-35)61(2)52(70)66(41)42-10-11-44(68)58-50(42)69/h1,4,7-9,22-25,31,33-34,42,57,67H,5-6,10-21,26-30H2,2H3,(H,58,68,69). The second kappa shape index (κ2) is 17.9. The number of piperidine rings is 2. The molecule has 0 spiro atoms. The van der Waals surface area contributed by atoms with Crippen LogP contribution in [0.15, 0.2) is 53.5 Å². The van der Waals surface area contributed by atoms with Crippen LogP contribution in [0.4, 0.5) is 20.3 Å². The average molecular weight is 966 g/mol. The second-order valence-electron chi connectivity index (χ2n) is 20.9. The number of nitrogens with one attached hydrogen (secondary N) is 2. The molecule has 16 nitrogen and oxygen atoms in total. The number of carbonyl (C=O) groups is 2. The van der Waals surface area contributed by atoms with Crippen LogP contribution in [0.2, 0.25) is 0 Å². The molecule has 12 rings (SSSR count). The van der Waals surface area contributed by atoms with Gasteiger partial charge in [-0.15, -0.1) is 6.42 Å². The molecule has 2 amide bonds. The maximum Gasteiger partial charge on any atom is 0.329 e. The number of imidazole rings is 1. The molecule has 3 unspecified atom stereocenters. The highest BCUT2D eigenvalue weighted by Gasteiger charge is 2.46. The number of ether oxygens (including phenoxy) is 1. The number of aryl methyl sites for hydroxylation is 1. The van der Waals surface area contributed by atoms with Gasteiger partial charge in [-0.05, 0) is 106 Å². The van der Waals surface area contributed by atoms with Crippen molar-refractivity contribution in [2.45, 2.75) is 69.5 Å². The number of hydrogen-bond acceptors (Lipinski definition) is 13. The minimum Gasteiger partial charge on any atom is -0.508 e. The maximum atomic E-state index is 17.1. The number of nitrogens with zero attached hydrogens (tertiary/aromatic N) is 9. The maximum absolute atomic E-state index is 17.1. The lowest BCUT2D eigenvalue weighted by Gasteiger charge is -2.40. The van der Waals surface area contributed by atoms with E-state index in [4.69, 9.17) is 21.1 Å². The molecule has 6 fully saturated rings. The van der Waals surface area contributed by atoms with E-state index in [2.05, 4.69) is 41.1 Å². The first-order valence-corrected chi connectivity index (χ1v) is 25.1. The number of aromatic nitrogens is 5. The molecule has 3 aromatic heterocycles. The number of phenols is 1. The summed E-state index contributed by atoms with van der Waals surface area (Å²) in [5.74, 6) is 1.36. The van der Waals surface area contributed by atoms with E-state index in [0.717, 1.165) is 102 Å². The first-order valence-electron chi connectivity index (χ1n) is 25.1. The summed E-state index contributed by atoms with van der Waals surface area (Å²) in [6.45, 7) is 9.47. The molecule has 18 heteroatoms. The zero-order valence-electron chi connectivity index (χ0n) is 39.8. The number of terminal acetylenes is 1. The van der Waals surface area contributed by atoms with Gasteiger partial charge in [0.1, 0.15) is 34.6 Å².